The lowest BCUT2D eigenvalue weighted by atomic mass is 9.82. The molecule has 0 amide bonds. The number of hydrogen-bond donors (Lipinski definition) is 2. The maximum Gasteiger partial charge on any atom is 0.472 e. The third-order valence-corrected chi connectivity index (χ3v) is 7.71. The Kier molecular flexibility index (Phi) is 7.09. The van der Waals surface area contributed by atoms with Crippen molar-refractivity contribution in [1.29, 1.82) is 0 Å². The second kappa shape index (κ2) is 10.3. The Labute approximate surface area is 215 Å². The molecule has 3 heterocycles. The molecule has 1 saturated carbocycles. The Morgan fingerprint density at radius 1 is 1.14 bits per heavy atom. The molecule has 0 spiro atoms. The van der Waals surface area contributed by atoms with Crippen molar-refractivity contribution in [3.63, 3.8) is 0 Å². The fourth-order valence-corrected chi connectivity index (χ4v) is 5.74. The van der Waals surface area contributed by atoms with Crippen LogP contribution in [-0.2, 0) is 20.2 Å². The third kappa shape index (κ3) is 5.88. The molecule has 1 aliphatic heterocycles. The van der Waals surface area contributed by atoms with Crippen molar-refractivity contribution in [3.05, 3.63) is 71.8 Å². The quantitative estimate of drug-likeness (QED) is 0.404. The van der Waals surface area contributed by atoms with Gasteiger partial charge in [0, 0.05) is 18.0 Å². The van der Waals surface area contributed by atoms with Crippen LogP contribution in [0, 0.1) is 0 Å². The molecule has 10 nitrogen and oxygen atoms in total. The number of nitrogens with two attached hydrogens (primary N) is 1. The molecule has 194 valence electrons. The number of aromatic nitrogens is 3. The highest BCUT2D eigenvalue weighted by molar-refractivity contribution is 7.47. The van der Waals surface area contributed by atoms with Gasteiger partial charge >= 0.3 is 7.82 Å². The smallest absolute Gasteiger partial charge is 0.463 e. The number of nitrogens with zero attached hydrogens (tertiary/aromatic N) is 4. The van der Waals surface area contributed by atoms with Crippen LogP contribution >= 0.6 is 7.82 Å². The van der Waals surface area contributed by atoms with Gasteiger partial charge in [-0.2, -0.15) is 4.98 Å². The van der Waals surface area contributed by atoms with Crippen molar-refractivity contribution in [1.82, 2.24) is 15.0 Å². The predicted molar refractivity (Wildman–Crippen MR) is 139 cm³/mol. The lowest BCUT2D eigenvalue weighted by molar-refractivity contribution is 0.0755. The Bertz CT molecular complexity index is 1320. The number of fused-ring (bicyclic) bond motifs is 1. The summed E-state index contributed by atoms with van der Waals surface area (Å²) in [6, 6.07) is 11.8. The Balaban J connectivity index is 1.20. The van der Waals surface area contributed by atoms with Gasteiger partial charge in [-0.25, -0.2) is 14.5 Å². The average molecular weight is 524 g/mol. The van der Waals surface area contributed by atoms with Crippen molar-refractivity contribution in [2.24, 2.45) is 4.99 Å². The highest BCUT2D eigenvalue weighted by Gasteiger charge is 2.35. The van der Waals surface area contributed by atoms with Crippen LogP contribution in [0.1, 0.15) is 62.1 Å². The van der Waals surface area contributed by atoms with E-state index in [4.69, 9.17) is 24.5 Å². The van der Waals surface area contributed by atoms with Gasteiger partial charge in [-0.05, 0) is 62.6 Å². The van der Waals surface area contributed by atoms with E-state index in [1.165, 1.54) is 11.9 Å². The van der Waals surface area contributed by atoms with Gasteiger partial charge in [0.05, 0.1) is 18.4 Å². The second-order valence-corrected chi connectivity index (χ2v) is 11.2. The molecule has 5 rings (SSSR count). The van der Waals surface area contributed by atoms with Gasteiger partial charge in [0.2, 0.25) is 5.88 Å². The number of nitrogen functional groups attached to an aromatic ring is 1. The summed E-state index contributed by atoms with van der Waals surface area (Å²) in [5.41, 5.74) is 9.38. The molecule has 0 bridgehead atoms. The van der Waals surface area contributed by atoms with Crippen molar-refractivity contribution >= 4 is 25.0 Å². The van der Waals surface area contributed by atoms with Crippen LogP contribution in [-0.4, -0.2) is 37.3 Å². The number of pyridine rings is 1. The molecule has 3 aromatic rings. The molecule has 1 unspecified atom stereocenters. The number of phosphoric acid groups is 1. The lowest BCUT2D eigenvalue weighted by Gasteiger charge is -2.32. The molecule has 2 aromatic heterocycles. The van der Waals surface area contributed by atoms with Gasteiger partial charge < -0.3 is 15.4 Å². The average Bonchev–Trinajstić information content (AvgIpc) is 2.88. The first-order chi connectivity index (χ1) is 17.7. The van der Waals surface area contributed by atoms with Crippen molar-refractivity contribution in [3.8, 4) is 5.88 Å². The minimum absolute atomic E-state index is 0.0261. The maximum atomic E-state index is 12.4. The maximum absolute atomic E-state index is 12.4. The standard InChI is InChI=1S/C26H30N5O5P/c1-26(2)23(31-22-24(27)29-16-30-25(22)35-26)20-7-5-18(6-8-20)19-9-11-21(12-10-19)36-37(32,33)34-15-17-4-3-13-28-14-17/h3-8,13-14,16,19,21H,9-12,15H2,1-2H3,(H,32,33)(H2,27,29,30)/t19-,21-. The molecule has 1 fully saturated rings. The molecular weight excluding hydrogens is 493 g/mol. The number of rotatable bonds is 7. The fourth-order valence-electron chi connectivity index (χ4n) is 4.78. The molecule has 1 aromatic carbocycles. The van der Waals surface area contributed by atoms with E-state index in [9.17, 15) is 9.46 Å². The van der Waals surface area contributed by atoms with E-state index in [2.05, 4.69) is 27.1 Å². The predicted octanol–water partition coefficient (Wildman–Crippen LogP) is 5.11. The molecule has 11 heteroatoms. The first kappa shape index (κ1) is 25.5. The summed E-state index contributed by atoms with van der Waals surface area (Å²) in [5.74, 6) is 1.00. The highest BCUT2D eigenvalue weighted by Crippen LogP contribution is 2.48. The summed E-state index contributed by atoms with van der Waals surface area (Å²) >= 11 is 0. The summed E-state index contributed by atoms with van der Waals surface area (Å²) in [5, 5.41) is 0. The number of phosphoric ester groups is 1. The molecule has 0 radical (unpaired) electrons. The number of aliphatic imine (C=N–C) groups is 1. The topological polar surface area (TPSA) is 142 Å². The van der Waals surface area contributed by atoms with Crippen molar-refractivity contribution in [2.75, 3.05) is 5.73 Å². The van der Waals surface area contributed by atoms with Gasteiger partial charge in [0.15, 0.2) is 11.5 Å². The van der Waals surface area contributed by atoms with E-state index in [1.807, 2.05) is 26.0 Å². The molecule has 0 saturated heterocycles. The van der Waals surface area contributed by atoms with Gasteiger partial charge in [-0.3, -0.25) is 14.0 Å². The van der Waals surface area contributed by atoms with Crippen LogP contribution < -0.4 is 10.5 Å². The second-order valence-electron chi connectivity index (χ2n) is 9.79. The summed E-state index contributed by atoms with van der Waals surface area (Å²) in [4.78, 5) is 27.0. The molecular formula is C26H30N5O5P. The number of anilines is 1. The molecule has 2 aliphatic rings. The molecule has 1 aliphatic carbocycles. The Hall–Kier alpha value is -3.17. The van der Waals surface area contributed by atoms with Crippen LogP contribution in [0.4, 0.5) is 11.5 Å². The van der Waals surface area contributed by atoms with E-state index >= 15 is 0 Å². The van der Waals surface area contributed by atoms with Crippen molar-refractivity contribution < 1.29 is 23.2 Å². The normalized spacial score (nSPS) is 22.3. The first-order valence-corrected chi connectivity index (χ1v) is 13.7. The molecule has 37 heavy (non-hydrogen) atoms. The van der Waals surface area contributed by atoms with Gasteiger partial charge in [-0.15, -0.1) is 0 Å². The summed E-state index contributed by atoms with van der Waals surface area (Å²) in [6.45, 7) is 3.87. The van der Waals surface area contributed by atoms with Crippen LogP contribution in [0.5, 0.6) is 5.88 Å². The summed E-state index contributed by atoms with van der Waals surface area (Å²) in [6.07, 6.45) is 7.33. The summed E-state index contributed by atoms with van der Waals surface area (Å²) < 4.78 is 29.1. The van der Waals surface area contributed by atoms with E-state index in [0.29, 0.717) is 35.9 Å². The zero-order valence-corrected chi connectivity index (χ0v) is 21.7. The SMILES string of the molecule is CC1(C)Oc2ncnc(N)c2N=C1c1ccc([C@H]2CC[C@H](OP(=O)(O)OCc3cccnc3)CC2)cc1. The van der Waals surface area contributed by atoms with E-state index in [0.717, 1.165) is 24.1 Å². The fraction of sp³-hybridized carbons (Fsp3) is 0.385. The van der Waals surface area contributed by atoms with E-state index < -0.39 is 13.4 Å². The van der Waals surface area contributed by atoms with Gasteiger partial charge in [-0.1, -0.05) is 30.3 Å². The van der Waals surface area contributed by atoms with Crippen LogP contribution in [0.15, 0.2) is 60.1 Å². The largest absolute Gasteiger partial charge is 0.472 e. The van der Waals surface area contributed by atoms with Gasteiger partial charge in [0.25, 0.3) is 0 Å². The van der Waals surface area contributed by atoms with Gasteiger partial charge in [0.1, 0.15) is 11.9 Å². The zero-order valence-electron chi connectivity index (χ0n) is 20.8. The Morgan fingerprint density at radius 2 is 1.89 bits per heavy atom. The molecule has 1 atom stereocenters. The zero-order chi connectivity index (χ0) is 26.0. The van der Waals surface area contributed by atoms with Crippen LogP contribution in [0.2, 0.25) is 0 Å². The van der Waals surface area contributed by atoms with E-state index in [1.54, 1.807) is 24.5 Å². The Morgan fingerprint density at radius 3 is 2.59 bits per heavy atom. The first-order valence-electron chi connectivity index (χ1n) is 12.2. The summed E-state index contributed by atoms with van der Waals surface area (Å²) in [7, 11) is -4.15. The minimum atomic E-state index is -4.15. The lowest BCUT2D eigenvalue weighted by Crippen LogP contribution is -2.41. The van der Waals surface area contributed by atoms with Crippen LogP contribution in [0.25, 0.3) is 0 Å². The molecule has 3 N–H and O–H groups in total. The third-order valence-electron chi connectivity index (χ3n) is 6.69. The highest BCUT2D eigenvalue weighted by atomic mass is 31.2. The number of hydrogen-bond acceptors (Lipinski definition) is 9. The number of benzene rings is 1. The monoisotopic (exact) mass is 523 g/mol. The van der Waals surface area contributed by atoms with Crippen molar-refractivity contribution in [2.45, 2.75) is 63.8 Å². The number of ether oxygens (including phenoxy) is 1. The van der Waals surface area contributed by atoms with Crippen LogP contribution in [0.3, 0.4) is 0 Å². The minimum Gasteiger partial charge on any atom is -0.463 e. The van der Waals surface area contributed by atoms with E-state index in [-0.39, 0.29) is 18.5 Å².